The Bertz CT molecular complexity index is 812. The molecule has 0 bridgehead atoms. The summed E-state index contributed by atoms with van der Waals surface area (Å²) in [4.78, 5) is 16.4. The van der Waals surface area contributed by atoms with Crippen molar-refractivity contribution in [3.8, 4) is 11.8 Å². The van der Waals surface area contributed by atoms with E-state index in [-0.39, 0.29) is 5.91 Å². The molecule has 0 atom stereocenters. The summed E-state index contributed by atoms with van der Waals surface area (Å²) in [5.41, 5.74) is 1.61. The van der Waals surface area contributed by atoms with Gasteiger partial charge < -0.3 is 4.74 Å². The first-order valence-corrected chi connectivity index (χ1v) is 9.42. The van der Waals surface area contributed by atoms with Crippen LogP contribution in [0.2, 0.25) is 0 Å². The highest BCUT2D eigenvalue weighted by Crippen LogP contribution is 2.31. The number of thiazole rings is 1. The van der Waals surface area contributed by atoms with Gasteiger partial charge in [0.2, 0.25) is 5.91 Å². The molecule has 0 unspecified atom stereocenters. The van der Waals surface area contributed by atoms with Crippen LogP contribution in [0.15, 0.2) is 33.0 Å². The number of carbonyl (C=O) groups is 1. The molecule has 1 N–H and O–H groups in total. The summed E-state index contributed by atoms with van der Waals surface area (Å²) in [6, 6.07) is 7.64. The van der Waals surface area contributed by atoms with E-state index in [4.69, 9.17) is 10.00 Å². The second-order valence-corrected chi connectivity index (χ2v) is 7.71. The first-order valence-electron chi connectivity index (χ1n) is 6.83. The van der Waals surface area contributed by atoms with Crippen molar-refractivity contribution in [1.82, 2.24) is 4.98 Å². The molecule has 2 rings (SSSR count). The molecule has 124 valence electrons. The number of hydrogen-bond acceptors (Lipinski definition) is 6. The van der Waals surface area contributed by atoms with E-state index in [0.717, 1.165) is 19.9 Å². The Labute approximate surface area is 156 Å². The number of methoxy groups -OCH3 is 1. The minimum atomic E-state index is -0.275. The van der Waals surface area contributed by atoms with E-state index in [1.165, 1.54) is 29.2 Å². The minimum absolute atomic E-state index is 0.275. The normalized spacial score (nSPS) is 10.6. The number of nitriles is 1. The highest BCUT2D eigenvalue weighted by molar-refractivity contribution is 9.10. The van der Waals surface area contributed by atoms with Crippen molar-refractivity contribution in [2.45, 2.75) is 11.1 Å². The third-order valence-electron chi connectivity index (χ3n) is 2.86. The zero-order chi connectivity index (χ0) is 17.5. The van der Waals surface area contributed by atoms with Crippen molar-refractivity contribution in [2.75, 3.05) is 18.2 Å². The maximum Gasteiger partial charge on any atom is 0.250 e. The predicted molar refractivity (Wildman–Crippen MR) is 102 cm³/mol. The molecule has 8 heteroatoms. The maximum atomic E-state index is 12.1. The summed E-state index contributed by atoms with van der Waals surface area (Å²) in [5, 5.41) is 11.9. The molecule has 0 aliphatic rings. The van der Waals surface area contributed by atoms with Gasteiger partial charge in [0.15, 0.2) is 5.13 Å². The number of carbonyl (C=O) groups excluding carboxylic acids is 1. The first kappa shape index (κ1) is 18.5. The lowest BCUT2D eigenvalue weighted by molar-refractivity contribution is -0.111. The van der Waals surface area contributed by atoms with Gasteiger partial charge in [-0.25, -0.2) is 4.98 Å². The average Bonchev–Trinajstić information content (AvgIpc) is 2.90. The molecule has 1 aromatic heterocycles. The first-order chi connectivity index (χ1) is 11.5. The van der Waals surface area contributed by atoms with Crippen molar-refractivity contribution < 1.29 is 9.53 Å². The molecule has 24 heavy (non-hydrogen) atoms. The molecular weight excluding hydrogens is 410 g/mol. The molecule has 1 aromatic carbocycles. The van der Waals surface area contributed by atoms with Crippen LogP contribution in [0, 0.1) is 18.3 Å². The third kappa shape index (κ3) is 5.09. The number of rotatable bonds is 6. The number of ether oxygens (including phenoxy) is 1. The van der Waals surface area contributed by atoms with Crippen LogP contribution in [0.5, 0.6) is 5.75 Å². The number of benzene rings is 1. The number of nitrogens with one attached hydrogen (secondary N) is 1. The van der Waals surface area contributed by atoms with Crippen molar-refractivity contribution in [3.63, 3.8) is 0 Å². The van der Waals surface area contributed by atoms with Gasteiger partial charge in [-0.05, 0) is 31.2 Å². The fraction of sp³-hybridized carbons (Fsp3) is 0.188. The molecule has 0 aliphatic carbocycles. The molecule has 5 nitrogen and oxygen atoms in total. The van der Waals surface area contributed by atoms with E-state index < -0.39 is 0 Å². The Balaban J connectivity index is 2.06. The summed E-state index contributed by atoms with van der Waals surface area (Å²) >= 11 is 6.17. The van der Waals surface area contributed by atoms with Crippen LogP contribution in [-0.4, -0.2) is 23.8 Å². The van der Waals surface area contributed by atoms with Gasteiger partial charge in [-0.3, -0.25) is 10.1 Å². The van der Waals surface area contributed by atoms with E-state index in [1.54, 1.807) is 13.2 Å². The van der Waals surface area contributed by atoms with Crippen LogP contribution in [0.3, 0.4) is 0 Å². The molecule has 0 radical (unpaired) electrons. The quantitative estimate of drug-likeness (QED) is 0.546. The largest absolute Gasteiger partial charge is 0.496 e. The highest BCUT2D eigenvalue weighted by atomic mass is 79.9. The van der Waals surface area contributed by atoms with Crippen LogP contribution in [0.25, 0.3) is 6.08 Å². The van der Waals surface area contributed by atoms with Crippen LogP contribution < -0.4 is 10.1 Å². The van der Waals surface area contributed by atoms with Gasteiger partial charge in [0, 0.05) is 16.1 Å². The monoisotopic (exact) mass is 423 g/mol. The Kier molecular flexibility index (Phi) is 6.85. The lowest BCUT2D eigenvalue weighted by Crippen LogP contribution is -2.07. The van der Waals surface area contributed by atoms with E-state index in [1.807, 2.05) is 25.1 Å². The molecule has 0 spiro atoms. The topological polar surface area (TPSA) is 75.0 Å². The summed E-state index contributed by atoms with van der Waals surface area (Å²) in [7, 11) is 1.58. The van der Waals surface area contributed by atoms with Crippen LogP contribution >= 0.6 is 39.0 Å². The maximum absolute atomic E-state index is 12.1. The van der Waals surface area contributed by atoms with Gasteiger partial charge in [-0.1, -0.05) is 39.0 Å². The number of hydrogen-bond donors (Lipinski definition) is 1. The average molecular weight is 424 g/mol. The van der Waals surface area contributed by atoms with E-state index in [2.05, 4.69) is 32.3 Å². The molecule has 0 saturated heterocycles. The van der Waals surface area contributed by atoms with Gasteiger partial charge in [-0.15, -0.1) is 0 Å². The zero-order valence-electron chi connectivity index (χ0n) is 13.0. The molecule has 1 heterocycles. The minimum Gasteiger partial charge on any atom is -0.496 e. The molecule has 2 aromatic rings. The number of halogens is 1. The van der Waals surface area contributed by atoms with Gasteiger partial charge in [0.25, 0.3) is 0 Å². The SMILES string of the molecule is COc1ccc(Br)cc1/C=C/C(=O)Nc1nc(C)c(SCC#N)s1. The molecule has 0 fully saturated rings. The number of aromatic nitrogens is 1. The Morgan fingerprint density at radius 3 is 3.08 bits per heavy atom. The number of anilines is 1. The fourth-order valence-corrected chi connectivity index (χ4v) is 4.00. The lowest BCUT2D eigenvalue weighted by atomic mass is 10.2. The third-order valence-corrected chi connectivity index (χ3v) is 5.65. The summed E-state index contributed by atoms with van der Waals surface area (Å²) in [6.45, 7) is 1.86. The number of nitrogens with zero attached hydrogens (tertiary/aromatic N) is 2. The Hall–Kier alpha value is -1.82. The van der Waals surface area contributed by atoms with Crippen LogP contribution in [-0.2, 0) is 4.79 Å². The fourth-order valence-electron chi connectivity index (χ4n) is 1.82. The number of thioether (sulfide) groups is 1. The van der Waals surface area contributed by atoms with E-state index in [0.29, 0.717) is 16.6 Å². The van der Waals surface area contributed by atoms with Crippen molar-refractivity contribution in [3.05, 3.63) is 40.0 Å². The molecule has 0 saturated carbocycles. The molecular formula is C16H14BrN3O2S2. The summed E-state index contributed by atoms with van der Waals surface area (Å²) < 4.78 is 7.10. The van der Waals surface area contributed by atoms with Crippen molar-refractivity contribution >= 4 is 56.1 Å². The van der Waals surface area contributed by atoms with E-state index in [9.17, 15) is 4.79 Å². The second-order valence-electron chi connectivity index (χ2n) is 4.55. The number of aryl methyl sites for hydroxylation is 1. The smallest absolute Gasteiger partial charge is 0.250 e. The lowest BCUT2D eigenvalue weighted by Gasteiger charge is -2.04. The second kappa shape index (κ2) is 8.87. The van der Waals surface area contributed by atoms with Gasteiger partial charge in [-0.2, -0.15) is 5.26 Å². The molecule has 1 amide bonds. The van der Waals surface area contributed by atoms with Crippen molar-refractivity contribution in [1.29, 1.82) is 5.26 Å². The van der Waals surface area contributed by atoms with Gasteiger partial charge >= 0.3 is 0 Å². The van der Waals surface area contributed by atoms with E-state index >= 15 is 0 Å². The predicted octanol–water partition coefficient (Wildman–Crippen LogP) is 4.49. The highest BCUT2D eigenvalue weighted by Gasteiger charge is 2.09. The van der Waals surface area contributed by atoms with Gasteiger partial charge in [0.05, 0.1) is 28.8 Å². The standard InChI is InChI=1S/C16H14BrN3O2S2/c1-10-15(23-8-7-18)24-16(19-10)20-14(21)6-3-11-9-12(17)4-5-13(11)22-2/h3-6,9H,8H2,1-2H3,(H,19,20,21)/b6-3+. The summed E-state index contributed by atoms with van der Waals surface area (Å²) in [5.74, 6) is 0.768. The Morgan fingerprint density at radius 2 is 2.38 bits per heavy atom. The zero-order valence-corrected chi connectivity index (χ0v) is 16.2. The van der Waals surface area contributed by atoms with Crippen LogP contribution in [0.1, 0.15) is 11.3 Å². The Morgan fingerprint density at radius 1 is 1.58 bits per heavy atom. The van der Waals surface area contributed by atoms with Crippen molar-refractivity contribution in [2.24, 2.45) is 0 Å². The molecule has 0 aliphatic heterocycles. The number of amides is 1. The summed E-state index contributed by atoms with van der Waals surface area (Å²) in [6.07, 6.45) is 3.12. The van der Waals surface area contributed by atoms with Crippen LogP contribution in [0.4, 0.5) is 5.13 Å². The van der Waals surface area contributed by atoms with Gasteiger partial charge in [0.1, 0.15) is 5.75 Å².